The third-order valence-corrected chi connectivity index (χ3v) is 3.69. The molecule has 0 atom stereocenters. The normalized spacial score (nSPS) is 19.9. The van der Waals surface area contributed by atoms with Crippen molar-refractivity contribution in [1.29, 1.82) is 0 Å². The fraction of sp³-hybridized carbons (Fsp3) is 0.500. The number of carbonyl (C=O) groups is 1. The number of rotatable bonds is 2. The average molecular weight is 246 g/mol. The predicted molar refractivity (Wildman–Crippen MR) is 69.9 cm³/mol. The summed E-state index contributed by atoms with van der Waals surface area (Å²) in [5.41, 5.74) is 2.04. The number of hydrogen-bond acceptors (Lipinski definition) is 3. The van der Waals surface area contributed by atoms with Crippen molar-refractivity contribution in [3.05, 3.63) is 23.8 Å². The molecular weight excluding hydrogens is 228 g/mol. The summed E-state index contributed by atoms with van der Waals surface area (Å²) in [5.74, 6) is 1.52. The van der Waals surface area contributed by atoms with E-state index in [2.05, 4.69) is 16.7 Å². The molecule has 96 valence electrons. The first kappa shape index (κ1) is 11.5. The summed E-state index contributed by atoms with van der Waals surface area (Å²) in [6.07, 6.45) is 3.48. The molecule has 0 bridgehead atoms. The molecule has 1 saturated heterocycles. The summed E-state index contributed by atoms with van der Waals surface area (Å²) in [6.45, 7) is 2.35. The minimum atomic E-state index is -0.0680. The highest BCUT2D eigenvalue weighted by molar-refractivity contribution is 5.95. The second-order valence-corrected chi connectivity index (χ2v) is 5.03. The van der Waals surface area contributed by atoms with Gasteiger partial charge in [-0.25, -0.2) is 0 Å². The Balaban J connectivity index is 1.79. The molecule has 4 nitrogen and oxygen atoms in total. The van der Waals surface area contributed by atoms with Gasteiger partial charge in [-0.3, -0.25) is 4.79 Å². The zero-order valence-corrected chi connectivity index (χ0v) is 10.4. The van der Waals surface area contributed by atoms with Crippen molar-refractivity contribution >= 4 is 11.6 Å². The van der Waals surface area contributed by atoms with Gasteiger partial charge in [0, 0.05) is 0 Å². The summed E-state index contributed by atoms with van der Waals surface area (Å²) >= 11 is 0. The maximum absolute atomic E-state index is 11.3. The van der Waals surface area contributed by atoms with E-state index in [1.54, 1.807) is 0 Å². The van der Waals surface area contributed by atoms with Crippen molar-refractivity contribution in [3.8, 4) is 5.75 Å². The van der Waals surface area contributed by atoms with E-state index >= 15 is 0 Å². The summed E-state index contributed by atoms with van der Waals surface area (Å²) in [6, 6.07) is 6.00. The van der Waals surface area contributed by atoms with Gasteiger partial charge in [0.25, 0.3) is 5.91 Å². The van der Waals surface area contributed by atoms with Crippen LogP contribution in [-0.2, 0) is 11.2 Å². The molecule has 2 heterocycles. The third kappa shape index (κ3) is 2.34. The Bertz CT molecular complexity index is 453. The predicted octanol–water partition coefficient (Wildman–Crippen LogP) is 1.56. The smallest absolute Gasteiger partial charge is 0.262 e. The van der Waals surface area contributed by atoms with Gasteiger partial charge in [0.1, 0.15) is 5.75 Å². The highest BCUT2D eigenvalue weighted by Gasteiger charge is 2.21. The van der Waals surface area contributed by atoms with Crippen LogP contribution in [0.15, 0.2) is 18.2 Å². The number of anilines is 1. The van der Waals surface area contributed by atoms with Crippen molar-refractivity contribution in [2.75, 3.05) is 25.0 Å². The Labute approximate surface area is 107 Å². The van der Waals surface area contributed by atoms with E-state index in [4.69, 9.17) is 4.74 Å². The molecule has 0 radical (unpaired) electrons. The molecule has 1 aromatic rings. The number of amides is 1. The van der Waals surface area contributed by atoms with Crippen LogP contribution in [0.25, 0.3) is 0 Å². The van der Waals surface area contributed by atoms with E-state index in [9.17, 15) is 4.79 Å². The van der Waals surface area contributed by atoms with Gasteiger partial charge in [-0.15, -0.1) is 0 Å². The second-order valence-electron chi connectivity index (χ2n) is 5.03. The molecule has 0 unspecified atom stereocenters. The van der Waals surface area contributed by atoms with Crippen molar-refractivity contribution < 1.29 is 9.53 Å². The number of fused-ring (bicyclic) bond motifs is 1. The van der Waals surface area contributed by atoms with Crippen LogP contribution >= 0.6 is 0 Å². The molecule has 18 heavy (non-hydrogen) atoms. The molecule has 0 aliphatic carbocycles. The maximum atomic E-state index is 11.3. The van der Waals surface area contributed by atoms with Gasteiger partial charge >= 0.3 is 0 Å². The highest BCUT2D eigenvalue weighted by Crippen LogP contribution is 2.34. The molecule has 2 N–H and O–H groups in total. The van der Waals surface area contributed by atoms with Gasteiger partial charge in [0.2, 0.25) is 0 Å². The molecule has 0 spiro atoms. The van der Waals surface area contributed by atoms with E-state index in [0.717, 1.165) is 36.9 Å². The lowest BCUT2D eigenvalue weighted by Crippen LogP contribution is -2.29. The first-order chi connectivity index (χ1) is 8.83. The van der Waals surface area contributed by atoms with Crippen LogP contribution in [0.2, 0.25) is 0 Å². The number of para-hydroxylation sites is 1. The largest absolute Gasteiger partial charge is 0.481 e. The third-order valence-electron chi connectivity index (χ3n) is 3.69. The monoisotopic (exact) mass is 246 g/mol. The van der Waals surface area contributed by atoms with Crippen molar-refractivity contribution in [2.24, 2.45) is 5.92 Å². The van der Waals surface area contributed by atoms with Crippen LogP contribution in [0.1, 0.15) is 18.4 Å². The number of ether oxygens (including phenoxy) is 1. The Morgan fingerprint density at radius 1 is 1.28 bits per heavy atom. The van der Waals surface area contributed by atoms with E-state index in [0.29, 0.717) is 0 Å². The lowest BCUT2D eigenvalue weighted by molar-refractivity contribution is -0.118. The Morgan fingerprint density at radius 3 is 2.94 bits per heavy atom. The SMILES string of the molecule is O=C1COc2c(CC3CCNCC3)cccc2N1. The number of hydrogen-bond donors (Lipinski definition) is 2. The highest BCUT2D eigenvalue weighted by atomic mass is 16.5. The Kier molecular flexibility index (Phi) is 3.19. The van der Waals surface area contributed by atoms with Crippen LogP contribution in [0.3, 0.4) is 0 Å². The lowest BCUT2D eigenvalue weighted by atomic mass is 9.90. The maximum Gasteiger partial charge on any atom is 0.262 e. The zero-order chi connectivity index (χ0) is 12.4. The van der Waals surface area contributed by atoms with Crippen LogP contribution in [0.4, 0.5) is 5.69 Å². The van der Waals surface area contributed by atoms with Crippen LogP contribution < -0.4 is 15.4 Å². The van der Waals surface area contributed by atoms with E-state index < -0.39 is 0 Å². The topological polar surface area (TPSA) is 50.4 Å². The number of nitrogens with one attached hydrogen (secondary N) is 2. The zero-order valence-electron chi connectivity index (χ0n) is 10.4. The van der Waals surface area contributed by atoms with Crippen LogP contribution in [-0.4, -0.2) is 25.6 Å². The molecule has 1 amide bonds. The minimum Gasteiger partial charge on any atom is -0.481 e. The number of carbonyl (C=O) groups excluding carboxylic acids is 1. The molecule has 1 fully saturated rings. The van der Waals surface area contributed by atoms with Crippen LogP contribution in [0, 0.1) is 5.92 Å². The van der Waals surface area contributed by atoms with Gasteiger partial charge < -0.3 is 15.4 Å². The molecule has 0 saturated carbocycles. The fourth-order valence-corrected chi connectivity index (χ4v) is 2.74. The summed E-state index contributed by atoms with van der Waals surface area (Å²) in [4.78, 5) is 11.3. The average Bonchev–Trinajstić information content (AvgIpc) is 2.40. The summed E-state index contributed by atoms with van der Waals surface area (Å²) in [7, 11) is 0. The molecule has 2 aliphatic heterocycles. The van der Waals surface area contributed by atoms with Gasteiger partial charge in [-0.2, -0.15) is 0 Å². The molecular formula is C14H18N2O2. The Morgan fingerprint density at radius 2 is 2.11 bits per heavy atom. The van der Waals surface area contributed by atoms with E-state index in [1.807, 2.05) is 12.1 Å². The second kappa shape index (κ2) is 4.98. The molecule has 0 aromatic heterocycles. The number of piperidine rings is 1. The first-order valence-electron chi connectivity index (χ1n) is 6.58. The Hall–Kier alpha value is -1.55. The molecule has 3 rings (SSSR count). The summed E-state index contributed by atoms with van der Waals surface area (Å²) in [5, 5.41) is 6.24. The van der Waals surface area contributed by atoms with Crippen LogP contribution in [0.5, 0.6) is 5.75 Å². The molecule has 1 aromatic carbocycles. The van der Waals surface area contributed by atoms with E-state index in [-0.39, 0.29) is 12.5 Å². The van der Waals surface area contributed by atoms with E-state index in [1.165, 1.54) is 18.4 Å². The fourth-order valence-electron chi connectivity index (χ4n) is 2.74. The van der Waals surface area contributed by atoms with Crippen molar-refractivity contribution in [3.63, 3.8) is 0 Å². The molecule has 2 aliphatic rings. The van der Waals surface area contributed by atoms with Gasteiger partial charge in [-0.05, 0) is 49.9 Å². The van der Waals surface area contributed by atoms with Gasteiger partial charge in [0.15, 0.2) is 6.61 Å². The minimum absolute atomic E-state index is 0.0680. The molecule has 4 heteroatoms. The lowest BCUT2D eigenvalue weighted by Gasteiger charge is -2.25. The quantitative estimate of drug-likeness (QED) is 0.832. The van der Waals surface area contributed by atoms with Gasteiger partial charge in [-0.1, -0.05) is 12.1 Å². The number of benzene rings is 1. The summed E-state index contributed by atoms with van der Waals surface area (Å²) < 4.78 is 5.58. The van der Waals surface area contributed by atoms with Crippen molar-refractivity contribution in [2.45, 2.75) is 19.3 Å². The first-order valence-corrected chi connectivity index (χ1v) is 6.58. The van der Waals surface area contributed by atoms with Crippen molar-refractivity contribution in [1.82, 2.24) is 5.32 Å². The van der Waals surface area contributed by atoms with Gasteiger partial charge in [0.05, 0.1) is 5.69 Å². The standard InChI is InChI=1S/C14H18N2O2/c17-13-9-18-14-11(2-1-3-12(14)16-13)8-10-4-6-15-7-5-10/h1-3,10,15H,4-9H2,(H,16,17).